The van der Waals surface area contributed by atoms with Crippen LogP contribution in [0.4, 0.5) is 9.18 Å². The molecule has 0 aromatic heterocycles. The summed E-state index contributed by atoms with van der Waals surface area (Å²) in [5.41, 5.74) is 2.29. The number of aryl methyl sites for hydroxylation is 1. The summed E-state index contributed by atoms with van der Waals surface area (Å²) in [4.78, 5) is 13.8. The van der Waals surface area contributed by atoms with Crippen LogP contribution in [0.2, 0.25) is 0 Å². The van der Waals surface area contributed by atoms with E-state index in [2.05, 4.69) is 11.9 Å². The summed E-state index contributed by atoms with van der Waals surface area (Å²) in [6.45, 7) is 6.80. The molecule has 0 bridgehead atoms. The summed E-state index contributed by atoms with van der Waals surface area (Å²) in [6.07, 6.45) is 2.77. The second kappa shape index (κ2) is 8.57. The highest BCUT2D eigenvalue weighted by Crippen LogP contribution is 2.39. The molecule has 2 aromatic rings. The summed E-state index contributed by atoms with van der Waals surface area (Å²) in [6, 6.07) is 14.4. The Kier molecular flexibility index (Phi) is 6.15. The zero-order chi connectivity index (χ0) is 20.1. The maximum absolute atomic E-state index is 13.5. The lowest BCUT2D eigenvalue weighted by molar-refractivity contribution is 0.0386. The Morgan fingerprint density at radius 3 is 2.75 bits per heavy atom. The molecule has 1 saturated heterocycles. The number of rotatable bonds is 6. The summed E-state index contributed by atoms with van der Waals surface area (Å²) >= 11 is 0. The first-order valence-corrected chi connectivity index (χ1v) is 9.60. The maximum atomic E-state index is 13.5. The van der Waals surface area contributed by atoms with Gasteiger partial charge < -0.3 is 10.4 Å². The fourth-order valence-electron chi connectivity index (χ4n) is 4.30. The number of amides is 1. The van der Waals surface area contributed by atoms with Crippen molar-refractivity contribution in [3.05, 3.63) is 83.7 Å². The van der Waals surface area contributed by atoms with Crippen molar-refractivity contribution in [3.63, 3.8) is 0 Å². The average molecular weight is 382 g/mol. The second-order valence-corrected chi connectivity index (χ2v) is 7.53. The van der Waals surface area contributed by atoms with Gasteiger partial charge in [-0.1, -0.05) is 42.5 Å². The van der Waals surface area contributed by atoms with Crippen molar-refractivity contribution in [2.45, 2.75) is 44.3 Å². The van der Waals surface area contributed by atoms with Crippen LogP contribution in [0.15, 0.2) is 61.2 Å². The monoisotopic (exact) mass is 382 g/mol. The van der Waals surface area contributed by atoms with E-state index < -0.39 is 11.6 Å². The number of nitrogens with one attached hydrogen (secondary N) is 1. The van der Waals surface area contributed by atoms with Crippen LogP contribution in [0.5, 0.6) is 0 Å². The van der Waals surface area contributed by atoms with Gasteiger partial charge in [-0.05, 0) is 61.6 Å². The molecule has 1 amide bonds. The fourth-order valence-corrected chi connectivity index (χ4v) is 4.30. The van der Waals surface area contributed by atoms with E-state index in [-0.39, 0.29) is 11.9 Å². The summed E-state index contributed by atoms with van der Waals surface area (Å²) in [5.74, 6) is -0.259. The van der Waals surface area contributed by atoms with Gasteiger partial charge in [0.2, 0.25) is 0 Å². The molecular formula is C23H27FN2O2. The Hall–Kier alpha value is -2.66. The summed E-state index contributed by atoms with van der Waals surface area (Å²) < 4.78 is 13.5. The van der Waals surface area contributed by atoms with Crippen LogP contribution in [0, 0.1) is 12.7 Å². The standard InChI is InChI=1S/C23H27FN2O2/c1-3-11-23(26(22(27)28)16-18-7-5-4-6-8-18)12-13-25-21(15-23)20-10-9-19(24)14-17(20)2/h3-10,14,21,25H,1,11-13,15-16H2,2H3,(H,27,28)/t21-,23+/m1/s1. The van der Waals surface area contributed by atoms with Crippen LogP contribution in [0.25, 0.3) is 0 Å². The molecule has 0 saturated carbocycles. The highest BCUT2D eigenvalue weighted by atomic mass is 19.1. The van der Waals surface area contributed by atoms with Gasteiger partial charge in [0.05, 0.1) is 5.54 Å². The Balaban J connectivity index is 1.94. The normalized spacial score (nSPS) is 21.9. The molecule has 2 atom stereocenters. The highest BCUT2D eigenvalue weighted by molar-refractivity contribution is 5.66. The van der Waals surface area contributed by atoms with Gasteiger partial charge >= 0.3 is 6.09 Å². The smallest absolute Gasteiger partial charge is 0.408 e. The number of nitrogens with zero attached hydrogens (tertiary/aromatic N) is 1. The first-order chi connectivity index (χ1) is 13.4. The summed E-state index contributed by atoms with van der Waals surface area (Å²) in [5, 5.41) is 13.5. The van der Waals surface area contributed by atoms with Gasteiger partial charge in [0.1, 0.15) is 5.82 Å². The third-order valence-corrected chi connectivity index (χ3v) is 5.68. The number of hydrogen-bond acceptors (Lipinski definition) is 2. The lowest BCUT2D eigenvalue weighted by Gasteiger charge is -2.48. The molecule has 1 fully saturated rings. The van der Waals surface area contributed by atoms with Crippen molar-refractivity contribution in [2.75, 3.05) is 6.54 Å². The van der Waals surface area contributed by atoms with Crippen molar-refractivity contribution >= 4 is 6.09 Å². The SMILES string of the molecule is C=CC[C@]1(N(Cc2ccccc2)C(=O)O)CCN[C@@H](c2ccc(F)cc2C)C1. The van der Waals surface area contributed by atoms with Crippen LogP contribution in [0.1, 0.15) is 42.0 Å². The number of halogens is 1. The molecular weight excluding hydrogens is 355 g/mol. The van der Waals surface area contributed by atoms with E-state index in [1.54, 1.807) is 17.0 Å². The number of benzene rings is 2. The van der Waals surface area contributed by atoms with E-state index in [1.165, 1.54) is 12.1 Å². The van der Waals surface area contributed by atoms with Crippen LogP contribution < -0.4 is 5.32 Å². The van der Waals surface area contributed by atoms with E-state index in [4.69, 9.17) is 0 Å². The van der Waals surface area contributed by atoms with E-state index in [1.807, 2.05) is 37.3 Å². The molecule has 1 aliphatic rings. The fraction of sp³-hybridized carbons (Fsp3) is 0.348. The lowest BCUT2D eigenvalue weighted by Crippen LogP contribution is -2.56. The zero-order valence-corrected chi connectivity index (χ0v) is 16.2. The first kappa shape index (κ1) is 20.1. The quantitative estimate of drug-likeness (QED) is 0.687. The molecule has 2 aromatic carbocycles. The maximum Gasteiger partial charge on any atom is 0.408 e. The number of carboxylic acid groups (broad SMARTS) is 1. The first-order valence-electron chi connectivity index (χ1n) is 9.60. The zero-order valence-electron chi connectivity index (χ0n) is 16.2. The third-order valence-electron chi connectivity index (χ3n) is 5.68. The molecule has 28 heavy (non-hydrogen) atoms. The minimum absolute atomic E-state index is 0.0353. The minimum atomic E-state index is -0.929. The van der Waals surface area contributed by atoms with E-state index >= 15 is 0 Å². The molecule has 4 nitrogen and oxygen atoms in total. The van der Waals surface area contributed by atoms with Crippen molar-refractivity contribution in [1.82, 2.24) is 10.2 Å². The van der Waals surface area contributed by atoms with Gasteiger partial charge in [-0.3, -0.25) is 4.90 Å². The number of piperidine rings is 1. The molecule has 0 spiro atoms. The average Bonchev–Trinajstić information content (AvgIpc) is 2.67. The second-order valence-electron chi connectivity index (χ2n) is 7.53. The Labute approximate surface area is 165 Å². The molecule has 0 unspecified atom stereocenters. The number of hydrogen-bond donors (Lipinski definition) is 2. The van der Waals surface area contributed by atoms with Gasteiger partial charge in [0, 0.05) is 12.6 Å². The molecule has 0 aliphatic carbocycles. The van der Waals surface area contributed by atoms with E-state index in [0.717, 1.165) is 16.7 Å². The van der Waals surface area contributed by atoms with Gasteiger partial charge in [-0.25, -0.2) is 9.18 Å². The minimum Gasteiger partial charge on any atom is -0.465 e. The van der Waals surface area contributed by atoms with Crippen molar-refractivity contribution in [2.24, 2.45) is 0 Å². The molecule has 5 heteroatoms. The molecule has 2 N–H and O–H groups in total. The van der Waals surface area contributed by atoms with E-state index in [0.29, 0.717) is 32.4 Å². The lowest BCUT2D eigenvalue weighted by atomic mass is 9.77. The summed E-state index contributed by atoms with van der Waals surface area (Å²) in [7, 11) is 0. The Morgan fingerprint density at radius 2 is 2.11 bits per heavy atom. The highest BCUT2D eigenvalue weighted by Gasteiger charge is 2.43. The Morgan fingerprint density at radius 1 is 1.36 bits per heavy atom. The van der Waals surface area contributed by atoms with Crippen molar-refractivity contribution in [3.8, 4) is 0 Å². The van der Waals surface area contributed by atoms with E-state index in [9.17, 15) is 14.3 Å². The Bertz CT molecular complexity index is 840. The third kappa shape index (κ3) is 4.25. The van der Waals surface area contributed by atoms with Crippen LogP contribution in [-0.2, 0) is 6.54 Å². The van der Waals surface area contributed by atoms with Gasteiger partial charge in [-0.15, -0.1) is 6.58 Å². The van der Waals surface area contributed by atoms with Gasteiger partial charge in [0.15, 0.2) is 0 Å². The molecule has 0 radical (unpaired) electrons. The van der Waals surface area contributed by atoms with Gasteiger partial charge in [-0.2, -0.15) is 0 Å². The predicted molar refractivity (Wildman–Crippen MR) is 109 cm³/mol. The number of carbonyl (C=O) groups is 1. The molecule has 3 rings (SSSR count). The van der Waals surface area contributed by atoms with Gasteiger partial charge in [0.25, 0.3) is 0 Å². The van der Waals surface area contributed by atoms with Crippen LogP contribution in [0.3, 0.4) is 0 Å². The van der Waals surface area contributed by atoms with Crippen LogP contribution in [-0.4, -0.2) is 28.2 Å². The van der Waals surface area contributed by atoms with Crippen LogP contribution >= 0.6 is 0 Å². The predicted octanol–water partition coefficient (Wildman–Crippen LogP) is 5.05. The topological polar surface area (TPSA) is 52.6 Å². The van der Waals surface area contributed by atoms with Crippen molar-refractivity contribution in [1.29, 1.82) is 0 Å². The molecule has 1 aliphatic heterocycles. The largest absolute Gasteiger partial charge is 0.465 e. The van der Waals surface area contributed by atoms with Crippen molar-refractivity contribution < 1.29 is 14.3 Å². The molecule has 1 heterocycles. The molecule has 148 valence electrons.